The van der Waals surface area contributed by atoms with Crippen LogP contribution in [0, 0.1) is 0 Å². The van der Waals surface area contributed by atoms with Gasteiger partial charge in [0.2, 0.25) is 0 Å². The van der Waals surface area contributed by atoms with E-state index in [1.807, 2.05) is 18.2 Å². The van der Waals surface area contributed by atoms with E-state index in [0.717, 1.165) is 12.1 Å². The number of hydrogen-bond donors (Lipinski definition) is 1. The molecule has 0 bridgehead atoms. The van der Waals surface area contributed by atoms with Gasteiger partial charge in [-0.3, -0.25) is 0 Å². The van der Waals surface area contributed by atoms with Crippen molar-refractivity contribution in [2.45, 2.75) is 25.9 Å². The van der Waals surface area contributed by atoms with Gasteiger partial charge in [0.1, 0.15) is 0 Å². The van der Waals surface area contributed by atoms with Gasteiger partial charge in [-0.15, -0.1) is 0 Å². The lowest BCUT2D eigenvalue weighted by Crippen LogP contribution is -2.36. The predicted octanol–water partition coefficient (Wildman–Crippen LogP) is 3.59. The van der Waals surface area contributed by atoms with Crippen molar-refractivity contribution in [2.24, 2.45) is 0 Å². The second kappa shape index (κ2) is 6.60. The van der Waals surface area contributed by atoms with Crippen LogP contribution in [0.25, 0.3) is 0 Å². The highest BCUT2D eigenvalue weighted by Crippen LogP contribution is 2.29. The summed E-state index contributed by atoms with van der Waals surface area (Å²) in [6.45, 7) is 5.19. The molecule has 0 aliphatic heterocycles. The van der Waals surface area contributed by atoms with E-state index in [-0.39, 0.29) is 6.04 Å². The van der Waals surface area contributed by atoms with E-state index in [1.54, 1.807) is 0 Å². The molecule has 0 aliphatic carbocycles. The summed E-state index contributed by atoms with van der Waals surface area (Å²) in [4.78, 5) is 2.18. The Kier molecular flexibility index (Phi) is 5.74. The summed E-state index contributed by atoms with van der Waals surface area (Å²) < 4.78 is 0. The standard InChI is InChI=1S/C13H20Cl2N2/c1-9(17(3)4)8-16-10(2)11-6-5-7-12(14)13(11)15/h5-7,9-10,16H,8H2,1-4H3. The summed E-state index contributed by atoms with van der Waals surface area (Å²) in [5.41, 5.74) is 1.05. The number of nitrogens with one attached hydrogen (secondary N) is 1. The first-order chi connectivity index (χ1) is 7.93. The Morgan fingerprint density at radius 3 is 2.47 bits per heavy atom. The number of likely N-dealkylation sites (N-methyl/N-ethyl adjacent to an activating group) is 1. The first-order valence-corrected chi connectivity index (χ1v) is 6.52. The lowest BCUT2D eigenvalue weighted by molar-refractivity contribution is 0.296. The van der Waals surface area contributed by atoms with Crippen molar-refractivity contribution in [1.29, 1.82) is 0 Å². The average molecular weight is 275 g/mol. The molecule has 2 atom stereocenters. The largest absolute Gasteiger partial charge is 0.309 e. The molecule has 0 aromatic heterocycles. The Bertz CT molecular complexity index is 366. The highest BCUT2D eigenvalue weighted by molar-refractivity contribution is 6.42. The summed E-state index contributed by atoms with van der Waals surface area (Å²) in [5, 5.41) is 4.72. The van der Waals surface area contributed by atoms with Gasteiger partial charge in [0.05, 0.1) is 10.0 Å². The van der Waals surface area contributed by atoms with Gasteiger partial charge in [0, 0.05) is 18.6 Å². The van der Waals surface area contributed by atoms with Gasteiger partial charge in [-0.25, -0.2) is 0 Å². The summed E-state index contributed by atoms with van der Waals surface area (Å²) in [5.74, 6) is 0. The SMILES string of the molecule is CC(NCC(C)N(C)C)c1cccc(Cl)c1Cl. The maximum atomic E-state index is 6.18. The van der Waals surface area contributed by atoms with Crippen LogP contribution in [-0.4, -0.2) is 31.6 Å². The zero-order chi connectivity index (χ0) is 13.0. The Morgan fingerprint density at radius 1 is 1.24 bits per heavy atom. The lowest BCUT2D eigenvalue weighted by atomic mass is 10.1. The third-order valence-corrected chi connectivity index (χ3v) is 3.88. The number of rotatable bonds is 5. The second-order valence-corrected chi connectivity index (χ2v) is 5.37. The second-order valence-electron chi connectivity index (χ2n) is 4.59. The maximum absolute atomic E-state index is 6.18. The van der Waals surface area contributed by atoms with Gasteiger partial charge in [-0.05, 0) is 39.6 Å². The van der Waals surface area contributed by atoms with Crippen molar-refractivity contribution in [3.05, 3.63) is 33.8 Å². The first-order valence-electron chi connectivity index (χ1n) is 5.77. The molecule has 2 nitrogen and oxygen atoms in total. The van der Waals surface area contributed by atoms with Crippen molar-refractivity contribution in [3.63, 3.8) is 0 Å². The van der Waals surface area contributed by atoms with Crippen molar-refractivity contribution in [1.82, 2.24) is 10.2 Å². The molecule has 0 heterocycles. The maximum Gasteiger partial charge on any atom is 0.0639 e. The highest BCUT2D eigenvalue weighted by atomic mass is 35.5. The van der Waals surface area contributed by atoms with Crippen LogP contribution in [0.2, 0.25) is 10.0 Å². The fourth-order valence-electron chi connectivity index (χ4n) is 1.49. The molecule has 0 saturated carbocycles. The molecule has 0 saturated heterocycles. The third kappa shape index (κ3) is 4.14. The predicted molar refractivity (Wildman–Crippen MR) is 76.0 cm³/mol. The monoisotopic (exact) mass is 274 g/mol. The first kappa shape index (κ1) is 14.8. The quantitative estimate of drug-likeness (QED) is 0.883. The Morgan fingerprint density at radius 2 is 1.88 bits per heavy atom. The van der Waals surface area contributed by atoms with Crippen LogP contribution >= 0.6 is 23.2 Å². The van der Waals surface area contributed by atoms with Gasteiger partial charge in [0.25, 0.3) is 0 Å². The van der Waals surface area contributed by atoms with E-state index >= 15 is 0 Å². The molecular weight excluding hydrogens is 255 g/mol. The number of hydrogen-bond acceptors (Lipinski definition) is 2. The van der Waals surface area contributed by atoms with Crippen LogP contribution in [0.4, 0.5) is 0 Å². The zero-order valence-corrected chi connectivity index (χ0v) is 12.3. The molecule has 4 heteroatoms. The van der Waals surface area contributed by atoms with Crippen molar-refractivity contribution in [2.75, 3.05) is 20.6 Å². The lowest BCUT2D eigenvalue weighted by Gasteiger charge is -2.23. The van der Waals surface area contributed by atoms with Crippen molar-refractivity contribution >= 4 is 23.2 Å². The van der Waals surface area contributed by atoms with Crippen LogP contribution in [0.5, 0.6) is 0 Å². The van der Waals surface area contributed by atoms with E-state index in [0.29, 0.717) is 16.1 Å². The number of nitrogens with zero attached hydrogens (tertiary/aromatic N) is 1. The van der Waals surface area contributed by atoms with Crippen LogP contribution in [0.1, 0.15) is 25.5 Å². The molecular formula is C13H20Cl2N2. The van der Waals surface area contributed by atoms with E-state index in [1.165, 1.54) is 0 Å². The van der Waals surface area contributed by atoms with Crippen LogP contribution in [0.3, 0.4) is 0 Å². The minimum atomic E-state index is 0.198. The van der Waals surface area contributed by atoms with Gasteiger partial charge < -0.3 is 10.2 Å². The molecule has 0 fully saturated rings. The number of benzene rings is 1. The molecule has 1 N–H and O–H groups in total. The molecule has 17 heavy (non-hydrogen) atoms. The van der Waals surface area contributed by atoms with E-state index in [2.05, 4.69) is 38.2 Å². The van der Waals surface area contributed by atoms with Gasteiger partial charge >= 0.3 is 0 Å². The Hall–Kier alpha value is -0.280. The Labute approximate surface area is 114 Å². The molecule has 0 amide bonds. The van der Waals surface area contributed by atoms with E-state index < -0.39 is 0 Å². The fraction of sp³-hybridized carbons (Fsp3) is 0.538. The molecule has 2 unspecified atom stereocenters. The third-order valence-electron chi connectivity index (χ3n) is 3.05. The summed E-state index contributed by atoms with van der Waals surface area (Å²) in [6, 6.07) is 6.42. The zero-order valence-electron chi connectivity index (χ0n) is 10.8. The molecule has 1 aromatic rings. The Balaban J connectivity index is 2.64. The normalized spacial score (nSPS) is 15.0. The fourth-order valence-corrected chi connectivity index (χ4v) is 1.97. The van der Waals surface area contributed by atoms with Gasteiger partial charge in [-0.2, -0.15) is 0 Å². The molecule has 0 aliphatic rings. The summed E-state index contributed by atoms with van der Waals surface area (Å²) in [7, 11) is 4.15. The van der Waals surface area contributed by atoms with E-state index in [9.17, 15) is 0 Å². The van der Waals surface area contributed by atoms with Gasteiger partial charge in [0.15, 0.2) is 0 Å². The minimum absolute atomic E-state index is 0.198. The molecule has 1 rings (SSSR count). The molecule has 1 aromatic carbocycles. The van der Waals surface area contributed by atoms with Crippen molar-refractivity contribution in [3.8, 4) is 0 Å². The van der Waals surface area contributed by atoms with Crippen molar-refractivity contribution < 1.29 is 0 Å². The topological polar surface area (TPSA) is 15.3 Å². The average Bonchev–Trinajstić information content (AvgIpc) is 2.29. The van der Waals surface area contributed by atoms with Crippen LogP contribution < -0.4 is 5.32 Å². The molecule has 0 spiro atoms. The molecule has 96 valence electrons. The minimum Gasteiger partial charge on any atom is -0.309 e. The van der Waals surface area contributed by atoms with E-state index in [4.69, 9.17) is 23.2 Å². The highest BCUT2D eigenvalue weighted by Gasteiger charge is 2.13. The smallest absolute Gasteiger partial charge is 0.0639 e. The van der Waals surface area contributed by atoms with Gasteiger partial charge in [-0.1, -0.05) is 35.3 Å². The number of halogens is 2. The molecule has 0 radical (unpaired) electrons. The summed E-state index contributed by atoms with van der Waals surface area (Å²) >= 11 is 12.2. The van der Waals surface area contributed by atoms with Crippen LogP contribution in [0.15, 0.2) is 18.2 Å². The summed E-state index contributed by atoms with van der Waals surface area (Å²) in [6.07, 6.45) is 0. The van der Waals surface area contributed by atoms with Crippen LogP contribution in [-0.2, 0) is 0 Å².